The molecule has 0 bridgehead atoms. The van der Waals surface area contributed by atoms with Crippen LogP contribution in [0.25, 0.3) is 0 Å². The summed E-state index contributed by atoms with van der Waals surface area (Å²) in [6.45, 7) is 2.16. The van der Waals surface area contributed by atoms with E-state index in [9.17, 15) is 9.59 Å². The number of carbonyl (C=O) groups excluding carboxylic acids is 2. The first kappa shape index (κ1) is 19.2. The smallest absolute Gasteiger partial charge is 0.336 e. The molecule has 1 N–H and O–H groups in total. The summed E-state index contributed by atoms with van der Waals surface area (Å²) in [6, 6.07) is 5.12. The Morgan fingerprint density at radius 1 is 1.23 bits per heavy atom. The van der Waals surface area contributed by atoms with Crippen molar-refractivity contribution in [1.29, 1.82) is 0 Å². The van der Waals surface area contributed by atoms with E-state index in [1.165, 1.54) is 19.3 Å². The molecule has 4 nitrogen and oxygen atoms in total. The fraction of sp³-hybridized carbons (Fsp3) is 0.500. The van der Waals surface area contributed by atoms with Crippen LogP contribution < -0.4 is 5.32 Å². The maximum atomic E-state index is 12.8. The zero-order valence-electron chi connectivity index (χ0n) is 14.8. The quantitative estimate of drug-likeness (QED) is 0.730. The molecule has 0 unspecified atom stereocenters. The average Bonchev–Trinajstić information content (AvgIpc) is 2.60. The lowest BCUT2D eigenvalue weighted by atomic mass is 9.84. The number of carbonyl (C=O) groups is 2. The summed E-state index contributed by atoms with van der Waals surface area (Å²) in [4.78, 5) is 24.9. The third-order valence-corrected chi connectivity index (χ3v) is 5.76. The second-order valence-electron chi connectivity index (χ2n) is 7.11. The molecule has 0 radical (unpaired) electrons. The highest BCUT2D eigenvalue weighted by molar-refractivity contribution is 6.35. The van der Waals surface area contributed by atoms with Crippen LogP contribution in [0, 0.1) is 5.92 Å². The minimum atomic E-state index is -0.424. The molecule has 1 saturated carbocycles. The predicted molar refractivity (Wildman–Crippen MR) is 102 cm³/mol. The van der Waals surface area contributed by atoms with Gasteiger partial charge in [0, 0.05) is 28.1 Å². The summed E-state index contributed by atoms with van der Waals surface area (Å²) in [6.07, 6.45) is 6.03. The summed E-state index contributed by atoms with van der Waals surface area (Å²) >= 11 is 12.3. The van der Waals surface area contributed by atoms with Crippen molar-refractivity contribution < 1.29 is 14.3 Å². The largest absolute Gasteiger partial charge is 0.462 e. The molecule has 0 saturated heterocycles. The first-order valence-electron chi connectivity index (χ1n) is 9.08. The van der Waals surface area contributed by atoms with Crippen LogP contribution in [0.1, 0.15) is 56.9 Å². The second-order valence-corrected chi connectivity index (χ2v) is 7.96. The Bertz CT molecular complexity index is 739. The number of hydrogen-bond acceptors (Lipinski definition) is 3. The lowest BCUT2D eigenvalue weighted by molar-refractivity contribution is -0.141. The van der Waals surface area contributed by atoms with Gasteiger partial charge in [-0.15, -0.1) is 0 Å². The monoisotopic (exact) mass is 395 g/mol. The maximum absolute atomic E-state index is 12.8. The molecule has 0 spiro atoms. The first-order valence-corrected chi connectivity index (χ1v) is 9.84. The molecular formula is C20H23Cl2NO3. The Kier molecular flexibility index (Phi) is 6.25. The van der Waals surface area contributed by atoms with Crippen LogP contribution in [-0.2, 0) is 14.3 Å². The summed E-state index contributed by atoms with van der Waals surface area (Å²) in [5.74, 6) is -0.497. The van der Waals surface area contributed by atoms with Gasteiger partial charge in [-0.2, -0.15) is 0 Å². The number of nitrogens with one attached hydrogen (secondary N) is 1. The van der Waals surface area contributed by atoms with Gasteiger partial charge in [-0.05, 0) is 43.4 Å². The Morgan fingerprint density at radius 2 is 1.96 bits per heavy atom. The highest BCUT2D eigenvalue weighted by atomic mass is 35.5. The fourth-order valence-electron chi connectivity index (χ4n) is 3.85. The highest BCUT2D eigenvalue weighted by Crippen LogP contribution is 2.38. The molecule has 1 aromatic carbocycles. The van der Waals surface area contributed by atoms with E-state index in [0.29, 0.717) is 33.8 Å². The van der Waals surface area contributed by atoms with Gasteiger partial charge in [0.15, 0.2) is 0 Å². The number of hydrogen-bond donors (Lipinski definition) is 1. The van der Waals surface area contributed by atoms with E-state index in [2.05, 4.69) is 5.32 Å². The van der Waals surface area contributed by atoms with E-state index in [4.69, 9.17) is 27.9 Å². The molecule has 26 heavy (non-hydrogen) atoms. The van der Waals surface area contributed by atoms with Crippen molar-refractivity contribution in [2.45, 2.75) is 51.4 Å². The minimum Gasteiger partial charge on any atom is -0.462 e. The van der Waals surface area contributed by atoms with Gasteiger partial charge < -0.3 is 10.1 Å². The van der Waals surface area contributed by atoms with Crippen molar-refractivity contribution in [1.82, 2.24) is 5.32 Å². The predicted octanol–water partition coefficient (Wildman–Crippen LogP) is 4.99. The van der Waals surface area contributed by atoms with Crippen LogP contribution >= 0.6 is 23.2 Å². The van der Waals surface area contributed by atoms with Crippen LogP contribution in [0.15, 0.2) is 29.5 Å². The van der Waals surface area contributed by atoms with Gasteiger partial charge >= 0.3 is 5.97 Å². The van der Waals surface area contributed by atoms with Crippen LogP contribution in [0.2, 0.25) is 10.0 Å². The fourth-order valence-corrected chi connectivity index (χ4v) is 4.39. The normalized spacial score (nSPS) is 21.5. The van der Waals surface area contributed by atoms with Crippen molar-refractivity contribution in [3.05, 3.63) is 45.1 Å². The zero-order valence-corrected chi connectivity index (χ0v) is 16.3. The molecule has 1 aromatic rings. The molecule has 6 heteroatoms. The Balaban J connectivity index is 1.81. The SMILES string of the molecule is CC1=C(C(=O)OCC2CCCCC2)[C@H](c2ccc(Cl)cc2Cl)CC(=O)N1. The number of benzene rings is 1. The van der Waals surface area contributed by atoms with E-state index >= 15 is 0 Å². The van der Waals surface area contributed by atoms with Crippen molar-refractivity contribution in [3.8, 4) is 0 Å². The summed E-state index contributed by atoms with van der Waals surface area (Å²) in [5.41, 5.74) is 1.73. The molecule has 1 aliphatic heterocycles. The molecule has 0 aromatic heterocycles. The molecule has 3 rings (SSSR count). The topological polar surface area (TPSA) is 55.4 Å². The Labute approximate surface area is 163 Å². The van der Waals surface area contributed by atoms with Gasteiger partial charge in [-0.25, -0.2) is 4.79 Å². The van der Waals surface area contributed by atoms with Gasteiger partial charge in [-0.1, -0.05) is 48.5 Å². The molecule has 1 aliphatic carbocycles. The van der Waals surface area contributed by atoms with Crippen LogP contribution in [0.4, 0.5) is 0 Å². The van der Waals surface area contributed by atoms with Crippen LogP contribution in [-0.4, -0.2) is 18.5 Å². The molecule has 1 amide bonds. The molecule has 140 valence electrons. The third-order valence-electron chi connectivity index (χ3n) is 5.20. The number of rotatable bonds is 4. The highest BCUT2D eigenvalue weighted by Gasteiger charge is 2.34. The van der Waals surface area contributed by atoms with Crippen molar-refractivity contribution in [3.63, 3.8) is 0 Å². The van der Waals surface area contributed by atoms with Crippen LogP contribution in [0.5, 0.6) is 0 Å². The van der Waals surface area contributed by atoms with Gasteiger partial charge in [0.1, 0.15) is 0 Å². The number of allylic oxidation sites excluding steroid dienone is 1. The molecule has 2 aliphatic rings. The summed E-state index contributed by atoms with van der Waals surface area (Å²) in [7, 11) is 0. The first-order chi connectivity index (χ1) is 12.5. The Hall–Kier alpha value is -1.52. The van der Waals surface area contributed by atoms with Gasteiger partial charge in [0.05, 0.1) is 12.2 Å². The van der Waals surface area contributed by atoms with Crippen LogP contribution in [0.3, 0.4) is 0 Å². The van der Waals surface area contributed by atoms with Crippen molar-refractivity contribution in [2.24, 2.45) is 5.92 Å². The van der Waals surface area contributed by atoms with Crippen molar-refractivity contribution in [2.75, 3.05) is 6.61 Å². The zero-order chi connectivity index (χ0) is 18.7. The van der Waals surface area contributed by atoms with Gasteiger partial charge in [0.2, 0.25) is 5.91 Å². The summed E-state index contributed by atoms with van der Waals surface area (Å²) < 4.78 is 5.62. The van der Waals surface area contributed by atoms with E-state index in [-0.39, 0.29) is 18.3 Å². The maximum Gasteiger partial charge on any atom is 0.336 e. The lowest BCUT2D eigenvalue weighted by Crippen LogP contribution is -2.34. The van der Waals surface area contributed by atoms with E-state index < -0.39 is 5.92 Å². The molecule has 1 atom stereocenters. The van der Waals surface area contributed by atoms with E-state index in [1.807, 2.05) is 0 Å². The van der Waals surface area contributed by atoms with Gasteiger partial charge in [-0.3, -0.25) is 4.79 Å². The molecule has 1 heterocycles. The van der Waals surface area contributed by atoms with E-state index in [0.717, 1.165) is 18.4 Å². The van der Waals surface area contributed by atoms with Crippen molar-refractivity contribution >= 4 is 35.1 Å². The molecule has 1 fully saturated rings. The lowest BCUT2D eigenvalue weighted by Gasteiger charge is -2.28. The second kappa shape index (κ2) is 8.45. The third kappa shape index (κ3) is 4.41. The van der Waals surface area contributed by atoms with E-state index in [1.54, 1.807) is 25.1 Å². The standard InChI is InChI=1S/C20H23Cl2NO3/c1-12-19(20(25)26-11-13-5-3-2-4-6-13)16(10-18(24)23-12)15-8-7-14(21)9-17(15)22/h7-9,13,16H,2-6,10-11H2,1H3,(H,23,24)/t16-/m0/s1. The summed E-state index contributed by atoms with van der Waals surface area (Å²) in [5, 5.41) is 3.71. The minimum absolute atomic E-state index is 0.137. The number of halogens is 2. The van der Waals surface area contributed by atoms with Gasteiger partial charge in [0.25, 0.3) is 0 Å². The number of amides is 1. The number of ether oxygens (including phenoxy) is 1. The Morgan fingerprint density at radius 3 is 2.65 bits per heavy atom. The molecular weight excluding hydrogens is 373 g/mol. The number of esters is 1. The average molecular weight is 396 g/mol.